The van der Waals surface area contributed by atoms with Gasteiger partial charge in [0.15, 0.2) is 5.13 Å². The lowest BCUT2D eigenvalue weighted by molar-refractivity contribution is 1.12. The second-order valence-corrected chi connectivity index (χ2v) is 4.00. The minimum absolute atomic E-state index is 0.886. The highest BCUT2D eigenvalue weighted by Gasteiger charge is 2.03. The Kier molecular flexibility index (Phi) is 1.89. The number of para-hydroxylation sites is 1. The molecular weight excluding hydrogens is 208 g/mol. The molecule has 2 aromatic heterocycles. The number of rotatable bonds is 2. The summed E-state index contributed by atoms with van der Waals surface area (Å²) in [6.45, 7) is 0. The van der Waals surface area contributed by atoms with E-state index in [0.29, 0.717) is 0 Å². The molecule has 0 aliphatic rings. The van der Waals surface area contributed by atoms with Crippen LogP contribution in [0.3, 0.4) is 0 Å². The van der Waals surface area contributed by atoms with Crippen molar-refractivity contribution in [2.45, 2.75) is 0 Å². The normalized spacial score (nSPS) is 10.7. The summed E-state index contributed by atoms with van der Waals surface area (Å²) in [5, 5.41) is 14.1. The summed E-state index contributed by atoms with van der Waals surface area (Å²) in [5.41, 5.74) is 2.01. The van der Waals surface area contributed by atoms with Crippen molar-refractivity contribution >= 4 is 33.1 Å². The van der Waals surface area contributed by atoms with E-state index in [-0.39, 0.29) is 0 Å². The van der Waals surface area contributed by atoms with E-state index in [0.717, 1.165) is 21.7 Å². The van der Waals surface area contributed by atoms with Crippen molar-refractivity contribution in [1.29, 1.82) is 0 Å². The maximum atomic E-state index is 4.18. The Hall–Kier alpha value is -1.88. The molecule has 0 saturated heterocycles. The van der Waals surface area contributed by atoms with Gasteiger partial charge in [-0.2, -0.15) is 5.10 Å². The van der Waals surface area contributed by atoms with Crippen LogP contribution in [0.4, 0.5) is 10.8 Å². The Labute approximate surface area is 90.0 Å². The molecule has 3 aromatic rings. The van der Waals surface area contributed by atoms with Gasteiger partial charge in [0, 0.05) is 17.0 Å². The van der Waals surface area contributed by atoms with E-state index in [1.807, 2.05) is 29.8 Å². The third-order valence-electron chi connectivity index (χ3n) is 2.15. The van der Waals surface area contributed by atoms with Crippen LogP contribution < -0.4 is 5.32 Å². The van der Waals surface area contributed by atoms with Gasteiger partial charge < -0.3 is 5.32 Å². The van der Waals surface area contributed by atoms with Gasteiger partial charge in [-0.05, 0) is 6.07 Å². The Bertz CT molecular complexity index is 570. The number of nitrogens with one attached hydrogen (secondary N) is 2. The minimum atomic E-state index is 0.886. The fourth-order valence-electron chi connectivity index (χ4n) is 1.47. The third-order valence-corrected chi connectivity index (χ3v) is 2.84. The molecule has 0 aliphatic heterocycles. The second-order valence-electron chi connectivity index (χ2n) is 3.10. The van der Waals surface area contributed by atoms with Gasteiger partial charge in [-0.1, -0.05) is 12.1 Å². The van der Waals surface area contributed by atoms with E-state index in [2.05, 4.69) is 20.5 Å². The molecular formula is C10H8N4S. The van der Waals surface area contributed by atoms with Crippen molar-refractivity contribution in [3.63, 3.8) is 0 Å². The van der Waals surface area contributed by atoms with Crippen LogP contribution in [0.15, 0.2) is 36.0 Å². The van der Waals surface area contributed by atoms with Crippen molar-refractivity contribution in [2.75, 3.05) is 5.32 Å². The quantitative estimate of drug-likeness (QED) is 0.692. The largest absolute Gasteiger partial charge is 0.330 e. The Balaban J connectivity index is 2.07. The highest BCUT2D eigenvalue weighted by molar-refractivity contribution is 7.13. The van der Waals surface area contributed by atoms with E-state index in [1.54, 1.807) is 17.5 Å². The van der Waals surface area contributed by atoms with Gasteiger partial charge in [0.1, 0.15) is 0 Å². The van der Waals surface area contributed by atoms with Gasteiger partial charge in [-0.15, -0.1) is 11.3 Å². The number of fused-ring (bicyclic) bond motifs is 1. The highest BCUT2D eigenvalue weighted by atomic mass is 32.1. The molecule has 3 rings (SSSR count). The van der Waals surface area contributed by atoms with Crippen molar-refractivity contribution in [3.8, 4) is 0 Å². The molecule has 1 aromatic carbocycles. The maximum Gasteiger partial charge on any atom is 0.187 e. The number of nitrogens with zero attached hydrogens (tertiary/aromatic N) is 2. The topological polar surface area (TPSA) is 53.6 Å². The number of hydrogen-bond acceptors (Lipinski definition) is 4. The highest BCUT2D eigenvalue weighted by Crippen LogP contribution is 2.25. The fourth-order valence-corrected chi connectivity index (χ4v) is 2.01. The molecule has 15 heavy (non-hydrogen) atoms. The van der Waals surface area contributed by atoms with Crippen LogP contribution in [0.2, 0.25) is 0 Å². The molecule has 0 aliphatic carbocycles. The summed E-state index contributed by atoms with van der Waals surface area (Å²) in [6.07, 6.45) is 3.59. The predicted molar refractivity (Wildman–Crippen MR) is 61.5 cm³/mol. The maximum absolute atomic E-state index is 4.18. The lowest BCUT2D eigenvalue weighted by atomic mass is 10.2. The fraction of sp³-hybridized carbons (Fsp3) is 0. The molecule has 2 heterocycles. The number of aromatic nitrogens is 3. The number of benzene rings is 1. The van der Waals surface area contributed by atoms with Crippen LogP contribution in [0, 0.1) is 0 Å². The van der Waals surface area contributed by atoms with Crippen LogP contribution >= 0.6 is 11.3 Å². The van der Waals surface area contributed by atoms with Gasteiger partial charge in [-0.3, -0.25) is 5.10 Å². The average Bonchev–Trinajstić information content (AvgIpc) is 2.87. The van der Waals surface area contributed by atoms with Crippen LogP contribution in [0.5, 0.6) is 0 Å². The molecule has 0 fully saturated rings. The van der Waals surface area contributed by atoms with E-state index >= 15 is 0 Å². The first-order valence-corrected chi connectivity index (χ1v) is 5.40. The molecule has 5 heteroatoms. The summed E-state index contributed by atoms with van der Waals surface area (Å²) in [7, 11) is 0. The standard InChI is InChI=1S/C10H8N4S/c1-2-7-6-12-14-9(7)8(3-1)13-10-11-4-5-15-10/h1-6H,(H,11,13)(H,12,14). The van der Waals surface area contributed by atoms with Gasteiger partial charge in [0.2, 0.25) is 0 Å². The number of thiazole rings is 1. The summed E-state index contributed by atoms with van der Waals surface area (Å²) in [4.78, 5) is 4.18. The van der Waals surface area contributed by atoms with Crippen LogP contribution in [-0.2, 0) is 0 Å². The van der Waals surface area contributed by atoms with Crippen molar-refractivity contribution in [3.05, 3.63) is 36.0 Å². The summed E-state index contributed by atoms with van der Waals surface area (Å²) < 4.78 is 0. The van der Waals surface area contributed by atoms with E-state index in [9.17, 15) is 0 Å². The number of hydrogen-bond donors (Lipinski definition) is 2. The zero-order chi connectivity index (χ0) is 10.1. The second kappa shape index (κ2) is 3.36. The van der Waals surface area contributed by atoms with Crippen molar-refractivity contribution in [2.24, 2.45) is 0 Å². The molecule has 0 amide bonds. The van der Waals surface area contributed by atoms with Crippen LogP contribution in [0.25, 0.3) is 10.9 Å². The molecule has 74 valence electrons. The number of anilines is 2. The first-order valence-electron chi connectivity index (χ1n) is 4.52. The zero-order valence-corrected chi connectivity index (χ0v) is 8.58. The van der Waals surface area contributed by atoms with Crippen LogP contribution in [-0.4, -0.2) is 15.2 Å². The Morgan fingerprint density at radius 3 is 3.20 bits per heavy atom. The first kappa shape index (κ1) is 8.43. The minimum Gasteiger partial charge on any atom is -0.330 e. The molecule has 2 N–H and O–H groups in total. The van der Waals surface area contributed by atoms with Gasteiger partial charge in [0.05, 0.1) is 17.4 Å². The molecule has 0 spiro atoms. The molecule has 0 radical (unpaired) electrons. The molecule has 0 bridgehead atoms. The van der Waals surface area contributed by atoms with Gasteiger partial charge >= 0.3 is 0 Å². The summed E-state index contributed by atoms with van der Waals surface area (Å²) in [6, 6.07) is 6.02. The van der Waals surface area contributed by atoms with Crippen molar-refractivity contribution in [1.82, 2.24) is 15.2 Å². The third kappa shape index (κ3) is 1.46. The Morgan fingerprint density at radius 1 is 1.33 bits per heavy atom. The van der Waals surface area contributed by atoms with E-state index in [4.69, 9.17) is 0 Å². The number of aromatic amines is 1. The lowest BCUT2D eigenvalue weighted by Crippen LogP contribution is -1.89. The average molecular weight is 216 g/mol. The van der Waals surface area contributed by atoms with Gasteiger partial charge in [0.25, 0.3) is 0 Å². The Morgan fingerprint density at radius 2 is 2.33 bits per heavy atom. The molecule has 4 nitrogen and oxygen atoms in total. The lowest BCUT2D eigenvalue weighted by Gasteiger charge is -2.02. The summed E-state index contributed by atoms with van der Waals surface area (Å²) in [5.74, 6) is 0. The summed E-state index contributed by atoms with van der Waals surface area (Å²) >= 11 is 1.57. The SMILES string of the molecule is c1cc(Nc2nccs2)c2[nH]ncc2c1. The molecule has 0 unspecified atom stereocenters. The predicted octanol–water partition coefficient (Wildman–Crippen LogP) is 2.76. The zero-order valence-electron chi connectivity index (χ0n) is 7.77. The number of H-pyrrole nitrogens is 1. The smallest absolute Gasteiger partial charge is 0.187 e. The van der Waals surface area contributed by atoms with E-state index < -0.39 is 0 Å². The van der Waals surface area contributed by atoms with Crippen molar-refractivity contribution < 1.29 is 0 Å². The van der Waals surface area contributed by atoms with E-state index in [1.165, 1.54) is 0 Å². The monoisotopic (exact) mass is 216 g/mol. The molecule has 0 atom stereocenters. The molecule has 0 saturated carbocycles. The first-order chi connectivity index (χ1) is 7.43. The van der Waals surface area contributed by atoms with Gasteiger partial charge in [-0.25, -0.2) is 4.98 Å². The van der Waals surface area contributed by atoms with Crippen LogP contribution in [0.1, 0.15) is 0 Å².